The van der Waals surface area contributed by atoms with Crippen LogP contribution < -0.4 is 5.73 Å². The second kappa shape index (κ2) is 6.52. The van der Waals surface area contributed by atoms with Crippen molar-refractivity contribution >= 4 is 17.4 Å². The molecule has 1 aromatic carbocycles. The average molecular weight is 276 g/mol. The van der Waals surface area contributed by atoms with Crippen molar-refractivity contribution in [3.8, 4) is 0 Å². The summed E-state index contributed by atoms with van der Waals surface area (Å²) in [5.74, 6) is -0.961. The average Bonchev–Trinajstić information content (AvgIpc) is 2.46. The first-order chi connectivity index (χ1) is 9.56. The summed E-state index contributed by atoms with van der Waals surface area (Å²) in [6, 6.07) is 6.89. The number of carbonyl (C=O) groups is 2. The molecule has 0 spiro atoms. The number of benzene rings is 1. The zero-order valence-corrected chi connectivity index (χ0v) is 11.4. The Morgan fingerprint density at radius 1 is 1.30 bits per heavy atom. The van der Waals surface area contributed by atoms with Gasteiger partial charge in [-0.1, -0.05) is 0 Å². The number of nitrogens with two attached hydrogens (primary N) is 1. The van der Waals surface area contributed by atoms with Crippen LogP contribution in [0.1, 0.15) is 29.6 Å². The van der Waals surface area contributed by atoms with Crippen molar-refractivity contribution in [2.45, 2.75) is 19.3 Å². The Bertz CT molecular complexity index is 484. The SMILES string of the molecule is Nc1ccc(C(=O)CCN2CCCC(C(=O)O)C2)cc1. The molecule has 0 bridgehead atoms. The molecule has 1 fully saturated rings. The molecular weight excluding hydrogens is 256 g/mol. The number of nitrogens with zero attached hydrogens (tertiary/aromatic N) is 1. The van der Waals surface area contributed by atoms with E-state index >= 15 is 0 Å². The number of aliphatic carboxylic acids is 1. The Kier molecular flexibility index (Phi) is 4.74. The van der Waals surface area contributed by atoms with Crippen LogP contribution in [-0.4, -0.2) is 41.4 Å². The predicted molar refractivity (Wildman–Crippen MR) is 76.6 cm³/mol. The van der Waals surface area contributed by atoms with Crippen molar-refractivity contribution in [2.75, 3.05) is 25.4 Å². The quantitative estimate of drug-likeness (QED) is 0.631. The first kappa shape index (κ1) is 14.5. The second-order valence-corrected chi connectivity index (χ2v) is 5.27. The van der Waals surface area contributed by atoms with E-state index in [1.807, 2.05) is 0 Å². The van der Waals surface area contributed by atoms with Crippen LogP contribution in [0.15, 0.2) is 24.3 Å². The molecule has 1 aromatic rings. The molecule has 5 nitrogen and oxygen atoms in total. The van der Waals surface area contributed by atoms with Gasteiger partial charge in [-0.2, -0.15) is 0 Å². The van der Waals surface area contributed by atoms with Gasteiger partial charge < -0.3 is 15.7 Å². The highest BCUT2D eigenvalue weighted by Gasteiger charge is 2.25. The van der Waals surface area contributed by atoms with Crippen LogP contribution in [0, 0.1) is 5.92 Å². The molecule has 0 saturated carbocycles. The number of likely N-dealkylation sites (tertiary alicyclic amines) is 1. The number of ketones is 1. The van der Waals surface area contributed by atoms with Gasteiger partial charge in [0.1, 0.15) is 0 Å². The predicted octanol–water partition coefficient (Wildman–Crippen LogP) is 1.64. The van der Waals surface area contributed by atoms with Crippen molar-refractivity contribution in [1.82, 2.24) is 4.90 Å². The maximum atomic E-state index is 12.0. The summed E-state index contributed by atoms with van der Waals surface area (Å²) >= 11 is 0. The maximum Gasteiger partial charge on any atom is 0.307 e. The number of piperidine rings is 1. The van der Waals surface area contributed by atoms with E-state index < -0.39 is 5.97 Å². The number of hydrogen-bond donors (Lipinski definition) is 2. The molecule has 0 amide bonds. The zero-order valence-electron chi connectivity index (χ0n) is 11.4. The topological polar surface area (TPSA) is 83.6 Å². The summed E-state index contributed by atoms with van der Waals surface area (Å²) < 4.78 is 0. The molecule has 108 valence electrons. The molecule has 0 radical (unpaired) electrons. The molecule has 1 aliphatic rings. The van der Waals surface area contributed by atoms with Gasteiger partial charge in [0.15, 0.2) is 5.78 Å². The van der Waals surface area contributed by atoms with Gasteiger partial charge in [0, 0.05) is 30.8 Å². The van der Waals surface area contributed by atoms with Crippen molar-refractivity contribution in [3.63, 3.8) is 0 Å². The minimum Gasteiger partial charge on any atom is -0.481 e. The lowest BCUT2D eigenvalue weighted by molar-refractivity contribution is -0.143. The third kappa shape index (κ3) is 3.81. The van der Waals surface area contributed by atoms with E-state index in [2.05, 4.69) is 4.90 Å². The van der Waals surface area contributed by atoms with E-state index in [1.165, 1.54) is 0 Å². The first-order valence-electron chi connectivity index (χ1n) is 6.90. The maximum absolute atomic E-state index is 12.0. The Morgan fingerprint density at radius 3 is 2.65 bits per heavy atom. The minimum absolute atomic E-state index is 0.0717. The number of nitrogen functional groups attached to an aromatic ring is 1. The highest BCUT2D eigenvalue weighted by atomic mass is 16.4. The molecule has 1 saturated heterocycles. The second-order valence-electron chi connectivity index (χ2n) is 5.27. The number of hydrogen-bond acceptors (Lipinski definition) is 4. The van der Waals surface area contributed by atoms with Crippen LogP contribution in [0.3, 0.4) is 0 Å². The fourth-order valence-corrected chi connectivity index (χ4v) is 2.53. The lowest BCUT2D eigenvalue weighted by atomic mass is 9.98. The van der Waals surface area contributed by atoms with Crippen LogP contribution in [-0.2, 0) is 4.79 Å². The largest absolute Gasteiger partial charge is 0.481 e. The standard InChI is InChI=1S/C15H20N2O3/c16-13-5-3-11(4-6-13)14(18)7-9-17-8-1-2-12(10-17)15(19)20/h3-6,12H,1-2,7-10,16H2,(H,19,20). The smallest absolute Gasteiger partial charge is 0.307 e. The van der Waals surface area contributed by atoms with Crippen LogP contribution in [0.2, 0.25) is 0 Å². The summed E-state index contributed by atoms with van der Waals surface area (Å²) in [7, 11) is 0. The Labute approximate surface area is 118 Å². The number of rotatable bonds is 5. The van der Waals surface area contributed by atoms with E-state index in [-0.39, 0.29) is 11.7 Å². The molecule has 3 N–H and O–H groups in total. The number of Topliss-reactive ketones (excluding diaryl/α,β-unsaturated/α-hetero) is 1. The zero-order chi connectivity index (χ0) is 14.5. The first-order valence-corrected chi connectivity index (χ1v) is 6.90. The van der Waals surface area contributed by atoms with Gasteiger partial charge in [0.2, 0.25) is 0 Å². The molecule has 20 heavy (non-hydrogen) atoms. The molecule has 1 unspecified atom stereocenters. The lowest BCUT2D eigenvalue weighted by Gasteiger charge is -2.30. The molecule has 1 heterocycles. The normalized spacial score (nSPS) is 19.7. The van der Waals surface area contributed by atoms with Crippen molar-refractivity contribution < 1.29 is 14.7 Å². The van der Waals surface area contributed by atoms with Crippen LogP contribution in [0.25, 0.3) is 0 Å². The number of carboxylic acid groups (broad SMARTS) is 1. The molecule has 0 aliphatic carbocycles. The van der Waals surface area contributed by atoms with Gasteiger partial charge >= 0.3 is 5.97 Å². The summed E-state index contributed by atoms with van der Waals surface area (Å²) in [5.41, 5.74) is 6.89. The van der Waals surface area contributed by atoms with Gasteiger partial charge in [0.05, 0.1) is 5.92 Å². The highest BCUT2D eigenvalue weighted by Crippen LogP contribution is 2.17. The minimum atomic E-state index is -0.737. The highest BCUT2D eigenvalue weighted by molar-refractivity contribution is 5.96. The Balaban J connectivity index is 1.84. The van der Waals surface area contributed by atoms with E-state index in [1.54, 1.807) is 24.3 Å². The Morgan fingerprint density at radius 2 is 2.00 bits per heavy atom. The van der Waals surface area contributed by atoms with Gasteiger partial charge in [-0.3, -0.25) is 9.59 Å². The molecule has 5 heteroatoms. The summed E-state index contributed by atoms with van der Waals surface area (Å²) in [6.45, 7) is 2.04. The van der Waals surface area contributed by atoms with E-state index in [9.17, 15) is 9.59 Å². The van der Waals surface area contributed by atoms with Crippen LogP contribution in [0.4, 0.5) is 5.69 Å². The van der Waals surface area contributed by atoms with E-state index in [4.69, 9.17) is 10.8 Å². The Hall–Kier alpha value is -1.88. The monoisotopic (exact) mass is 276 g/mol. The van der Waals surface area contributed by atoms with Crippen molar-refractivity contribution in [3.05, 3.63) is 29.8 Å². The van der Waals surface area contributed by atoms with Crippen molar-refractivity contribution in [1.29, 1.82) is 0 Å². The lowest BCUT2D eigenvalue weighted by Crippen LogP contribution is -2.39. The van der Waals surface area contributed by atoms with E-state index in [0.717, 1.165) is 19.4 Å². The number of carbonyl (C=O) groups excluding carboxylic acids is 1. The molecule has 2 rings (SSSR count). The molecular formula is C15H20N2O3. The van der Waals surface area contributed by atoms with Gasteiger partial charge in [-0.25, -0.2) is 0 Å². The fourth-order valence-electron chi connectivity index (χ4n) is 2.53. The third-order valence-corrected chi connectivity index (χ3v) is 3.74. The molecule has 1 aliphatic heterocycles. The summed E-state index contributed by atoms with van der Waals surface area (Å²) in [4.78, 5) is 25.1. The number of anilines is 1. The summed E-state index contributed by atoms with van der Waals surface area (Å²) in [5, 5.41) is 9.03. The number of carboxylic acids is 1. The molecule has 1 atom stereocenters. The van der Waals surface area contributed by atoms with E-state index in [0.29, 0.717) is 30.8 Å². The third-order valence-electron chi connectivity index (χ3n) is 3.74. The van der Waals surface area contributed by atoms with Crippen LogP contribution >= 0.6 is 0 Å². The van der Waals surface area contributed by atoms with Gasteiger partial charge in [0.25, 0.3) is 0 Å². The summed E-state index contributed by atoms with van der Waals surface area (Å²) in [6.07, 6.45) is 2.03. The van der Waals surface area contributed by atoms with Gasteiger partial charge in [-0.15, -0.1) is 0 Å². The van der Waals surface area contributed by atoms with Gasteiger partial charge in [-0.05, 0) is 43.7 Å². The fraction of sp³-hybridized carbons (Fsp3) is 0.467. The molecule has 0 aromatic heterocycles. The van der Waals surface area contributed by atoms with Crippen LogP contribution in [0.5, 0.6) is 0 Å². The van der Waals surface area contributed by atoms with Crippen molar-refractivity contribution in [2.24, 2.45) is 5.92 Å².